The number of amides is 1. The average molecular weight is 356 g/mol. The van der Waals surface area contributed by atoms with Crippen LogP contribution in [0.3, 0.4) is 0 Å². The van der Waals surface area contributed by atoms with Gasteiger partial charge in [0.25, 0.3) is 0 Å². The smallest absolute Gasteiger partial charge is 0.223 e. The lowest BCUT2D eigenvalue weighted by atomic mass is 9.77. The van der Waals surface area contributed by atoms with Crippen LogP contribution >= 0.6 is 0 Å². The molecule has 0 heterocycles. The van der Waals surface area contributed by atoms with E-state index < -0.39 is 0 Å². The second-order valence-electron chi connectivity index (χ2n) is 7.27. The zero-order valence-electron chi connectivity index (χ0n) is 16.4. The lowest BCUT2D eigenvalue weighted by Crippen LogP contribution is -2.35. The molecule has 1 saturated carbocycles. The molecule has 0 aromatic carbocycles. The standard InChI is InChI=1S/C20H37NO4/c1-4-24-13-5-6-14-25-15-7-12-21-20(23)18-10-8-17(9-11-18)19(22)16(2)3/h16-18H,4-15H2,1-3H3,(H,21,23). The third-order valence-corrected chi connectivity index (χ3v) is 4.87. The fourth-order valence-corrected chi connectivity index (χ4v) is 3.30. The van der Waals surface area contributed by atoms with E-state index in [0.29, 0.717) is 18.9 Å². The Balaban J connectivity index is 2.00. The summed E-state index contributed by atoms with van der Waals surface area (Å²) in [5, 5.41) is 3.01. The second-order valence-corrected chi connectivity index (χ2v) is 7.27. The molecule has 0 radical (unpaired) electrons. The van der Waals surface area contributed by atoms with Crippen LogP contribution in [-0.4, -0.2) is 44.7 Å². The van der Waals surface area contributed by atoms with Crippen LogP contribution in [0.5, 0.6) is 0 Å². The summed E-state index contributed by atoms with van der Waals surface area (Å²) in [6, 6.07) is 0. The first-order valence-electron chi connectivity index (χ1n) is 10.0. The molecule has 0 atom stereocenters. The van der Waals surface area contributed by atoms with Crippen LogP contribution in [0.2, 0.25) is 0 Å². The summed E-state index contributed by atoms with van der Waals surface area (Å²) >= 11 is 0. The Labute approximate surface area is 153 Å². The molecular formula is C20H37NO4. The van der Waals surface area contributed by atoms with Crippen LogP contribution in [-0.2, 0) is 19.1 Å². The molecule has 1 aliphatic carbocycles. The molecule has 146 valence electrons. The van der Waals surface area contributed by atoms with E-state index in [1.807, 2.05) is 20.8 Å². The lowest BCUT2D eigenvalue weighted by Gasteiger charge is -2.27. The van der Waals surface area contributed by atoms with E-state index in [-0.39, 0.29) is 23.7 Å². The predicted octanol–water partition coefficient (Wildman–Crippen LogP) is 3.36. The summed E-state index contributed by atoms with van der Waals surface area (Å²) in [6.07, 6.45) is 6.30. The van der Waals surface area contributed by atoms with Crippen LogP contribution in [0.15, 0.2) is 0 Å². The Morgan fingerprint density at radius 2 is 1.48 bits per heavy atom. The molecule has 5 heteroatoms. The van der Waals surface area contributed by atoms with Gasteiger partial charge < -0.3 is 14.8 Å². The highest BCUT2D eigenvalue weighted by Crippen LogP contribution is 2.30. The van der Waals surface area contributed by atoms with Gasteiger partial charge in [0.1, 0.15) is 5.78 Å². The highest BCUT2D eigenvalue weighted by atomic mass is 16.5. The molecule has 0 bridgehead atoms. The zero-order chi connectivity index (χ0) is 18.5. The molecule has 0 saturated heterocycles. The number of hydrogen-bond acceptors (Lipinski definition) is 4. The van der Waals surface area contributed by atoms with Crippen molar-refractivity contribution < 1.29 is 19.1 Å². The topological polar surface area (TPSA) is 64.6 Å². The number of nitrogens with one attached hydrogen (secondary N) is 1. The normalized spacial score (nSPS) is 20.6. The summed E-state index contributed by atoms with van der Waals surface area (Å²) in [4.78, 5) is 24.2. The van der Waals surface area contributed by atoms with Crippen molar-refractivity contribution in [3.8, 4) is 0 Å². The minimum absolute atomic E-state index is 0.0793. The third kappa shape index (κ3) is 9.36. The van der Waals surface area contributed by atoms with Gasteiger partial charge >= 0.3 is 0 Å². The van der Waals surface area contributed by atoms with Crippen LogP contribution in [0.1, 0.15) is 65.7 Å². The molecule has 1 amide bonds. The minimum atomic E-state index is 0.0793. The molecule has 1 N–H and O–H groups in total. The zero-order valence-corrected chi connectivity index (χ0v) is 16.4. The molecule has 0 aromatic heterocycles. The molecule has 25 heavy (non-hydrogen) atoms. The summed E-state index contributed by atoms with van der Waals surface area (Å²) in [6.45, 7) is 9.62. The third-order valence-electron chi connectivity index (χ3n) is 4.87. The monoisotopic (exact) mass is 355 g/mol. The number of carbonyl (C=O) groups is 2. The summed E-state index contributed by atoms with van der Waals surface area (Å²) in [7, 11) is 0. The minimum Gasteiger partial charge on any atom is -0.382 e. The van der Waals surface area contributed by atoms with E-state index >= 15 is 0 Å². The van der Waals surface area contributed by atoms with Gasteiger partial charge in [-0.25, -0.2) is 0 Å². The number of rotatable bonds is 13. The SMILES string of the molecule is CCOCCCCOCCCNC(=O)C1CCC(C(=O)C(C)C)CC1. The Morgan fingerprint density at radius 1 is 0.920 bits per heavy atom. The Bertz CT molecular complexity index is 376. The molecule has 0 aliphatic heterocycles. The van der Waals surface area contributed by atoms with E-state index in [0.717, 1.165) is 64.8 Å². The second kappa shape index (κ2) is 13.3. The Morgan fingerprint density at radius 3 is 2.08 bits per heavy atom. The van der Waals surface area contributed by atoms with Crippen molar-refractivity contribution in [2.75, 3.05) is 33.0 Å². The fraction of sp³-hybridized carbons (Fsp3) is 0.900. The predicted molar refractivity (Wildman–Crippen MR) is 99.5 cm³/mol. The van der Waals surface area contributed by atoms with Crippen molar-refractivity contribution in [1.82, 2.24) is 5.32 Å². The van der Waals surface area contributed by atoms with E-state index in [4.69, 9.17) is 9.47 Å². The fourth-order valence-electron chi connectivity index (χ4n) is 3.30. The van der Waals surface area contributed by atoms with Gasteiger partial charge in [0.15, 0.2) is 0 Å². The first kappa shape index (κ1) is 22.1. The summed E-state index contributed by atoms with van der Waals surface area (Å²) in [5.74, 6) is 0.856. The molecule has 1 fully saturated rings. The molecule has 0 spiro atoms. The number of carbonyl (C=O) groups excluding carboxylic acids is 2. The van der Waals surface area contributed by atoms with Crippen LogP contribution in [0.25, 0.3) is 0 Å². The van der Waals surface area contributed by atoms with Crippen LogP contribution < -0.4 is 5.32 Å². The highest BCUT2D eigenvalue weighted by Gasteiger charge is 2.30. The maximum Gasteiger partial charge on any atom is 0.223 e. The van der Waals surface area contributed by atoms with Gasteiger partial charge in [0.05, 0.1) is 0 Å². The quantitative estimate of drug-likeness (QED) is 0.515. The summed E-state index contributed by atoms with van der Waals surface area (Å²) < 4.78 is 10.8. The Kier molecular flexibility index (Phi) is 11.7. The molecule has 5 nitrogen and oxygen atoms in total. The van der Waals surface area contributed by atoms with Gasteiger partial charge in [-0.15, -0.1) is 0 Å². The van der Waals surface area contributed by atoms with Gasteiger partial charge in [0, 0.05) is 50.7 Å². The maximum atomic E-state index is 12.2. The number of hydrogen-bond donors (Lipinski definition) is 1. The molecule has 1 rings (SSSR count). The van der Waals surface area contributed by atoms with Crippen molar-refractivity contribution in [3.63, 3.8) is 0 Å². The lowest BCUT2D eigenvalue weighted by molar-refractivity contribution is -0.130. The van der Waals surface area contributed by atoms with Gasteiger partial charge in [-0.05, 0) is 51.9 Å². The number of unbranched alkanes of at least 4 members (excludes halogenated alkanes) is 1. The van der Waals surface area contributed by atoms with Gasteiger partial charge in [0.2, 0.25) is 5.91 Å². The van der Waals surface area contributed by atoms with E-state index in [1.165, 1.54) is 0 Å². The molecule has 0 aromatic rings. The van der Waals surface area contributed by atoms with E-state index in [9.17, 15) is 9.59 Å². The van der Waals surface area contributed by atoms with Crippen LogP contribution in [0, 0.1) is 17.8 Å². The average Bonchev–Trinajstić information content (AvgIpc) is 2.62. The highest BCUT2D eigenvalue weighted by molar-refractivity contribution is 5.83. The first-order chi connectivity index (χ1) is 12.1. The van der Waals surface area contributed by atoms with Crippen LogP contribution in [0.4, 0.5) is 0 Å². The molecule has 0 unspecified atom stereocenters. The van der Waals surface area contributed by atoms with Crippen molar-refractivity contribution >= 4 is 11.7 Å². The largest absolute Gasteiger partial charge is 0.382 e. The number of ether oxygens (including phenoxy) is 2. The number of Topliss-reactive ketones (excluding diaryl/α,β-unsaturated/α-hetero) is 1. The maximum absolute atomic E-state index is 12.2. The van der Waals surface area contributed by atoms with E-state index in [2.05, 4.69) is 5.32 Å². The summed E-state index contributed by atoms with van der Waals surface area (Å²) in [5.41, 5.74) is 0. The van der Waals surface area contributed by atoms with Gasteiger partial charge in [-0.2, -0.15) is 0 Å². The number of ketones is 1. The van der Waals surface area contributed by atoms with Crippen molar-refractivity contribution in [2.45, 2.75) is 65.7 Å². The van der Waals surface area contributed by atoms with E-state index in [1.54, 1.807) is 0 Å². The van der Waals surface area contributed by atoms with Gasteiger partial charge in [-0.3, -0.25) is 9.59 Å². The first-order valence-corrected chi connectivity index (χ1v) is 10.0. The molecular weight excluding hydrogens is 318 g/mol. The van der Waals surface area contributed by atoms with Crippen molar-refractivity contribution in [2.24, 2.45) is 17.8 Å². The van der Waals surface area contributed by atoms with Crippen molar-refractivity contribution in [3.05, 3.63) is 0 Å². The van der Waals surface area contributed by atoms with Crippen molar-refractivity contribution in [1.29, 1.82) is 0 Å². The molecule has 1 aliphatic rings. The van der Waals surface area contributed by atoms with Gasteiger partial charge in [-0.1, -0.05) is 13.8 Å². The Hall–Kier alpha value is -0.940.